The number of carbonyl (C=O) groups is 1. The zero-order valence-corrected chi connectivity index (χ0v) is 19.3. The van der Waals surface area contributed by atoms with E-state index in [-0.39, 0.29) is 18.0 Å². The number of carbonyl (C=O) groups excluding carboxylic acids is 1. The molecule has 9 nitrogen and oxygen atoms in total. The summed E-state index contributed by atoms with van der Waals surface area (Å²) in [5.41, 5.74) is 0.465. The van der Waals surface area contributed by atoms with E-state index in [1.165, 1.54) is 14.2 Å². The van der Waals surface area contributed by atoms with E-state index in [0.717, 1.165) is 6.42 Å². The Morgan fingerprint density at radius 3 is 2.61 bits per heavy atom. The van der Waals surface area contributed by atoms with E-state index in [2.05, 4.69) is 9.97 Å². The van der Waals surface area contributed by atoms with E-state index in [9.17, 15) is 9.59 Å². The van der Waals surface area contributed by atoms with E-state index in [4.69, 9.17) is 30.5 Å². The molecule has 0 spiro atoms. The molecule has 0 saturated carbocycles. The molecule has 1 aliphatic heterocycles. The first-order valence-electron chi connectivity index (χ1n) is 10.5. The van der Waals surface area contributed by atoms with Crippen molar-refractivity contribution in [3.05, 3.63) is 51.0 Å². The van der Waals surface area contributed by atoms with Gasteiger partial charge in [-0.1, -0.05) is 11.6 Å². The fraction of sp³-hybridized carbons (Fsp3) is 0.348. The lowest BCUT2D eigenvalue weighted by atomic mass is 10.1. The summed E-state index contributed by atoms with van der Waals surface area (Å²) in [5, 5.41) is 0.674. The van der Waals surface area contributed by atoms with Gasteiger partial charge in [0.25, 0.3) is 11.5 Å². The number of nitrogens with zero attached hydrogens (tertiary/aromatic N) is 2. The topological polar surface area (TPSA) is 103 Å². The summed E-state index contributed by atoms with van der Waals surface area (Å²) in [7, 11) is 3.01. The number of rotatable bonds is 6. The molecule has 0 bridgehead atoms. The van der Waals surface area contributed by atoms with Gasteiger partial charge in [-0.25, -0.2) is 4.98 Å². The minimum atomic E-state index is -0.335. The zero-order valence-electron chi connectivity index (χ0n) is 18.6. The summed E-state index contributed by atoms with van der Waals surface area (Å²) in [5.74, 6) is 1.85. The first kappa shape index (κ1) is 22.7. The number of aromatic amines is 1. The monoisotopic (exact) mass is 473 g/mol. The van der Waals surface area contributed by atoms with Crippen molar-refractivity contribution in [2.45, 2.75) is 19.9 Å². The molecule has 3 aromatic rings. The fourth-order valence-corrected chi connectivity index (χ4v) is 3.90. The van der Waals surface area contributed by atoms with Crippen molar-refractivity contribution in [2.75, 3.05) is 34.0 Å². The van der Waals surface area contributed by atoms with Crippen LogP contribution in [0.4, 0.5) is 0 Å². The summed E-state index contributed by atoms with van der Waals surface area (Å²) >= 11 is 6.35. The van der Waals surface area contributed by atoms with Crippen LogP contribution < -0.4 is 24.5 Å². The highest BCUT2D eigenvalue weighted by molar-refractivity contribution is 6.32. The highest BCUT2D eigenvalue weighted by atomic mass is 35.5. The third kappa shape index (κ3) is 4.54. The first-order chi connectivity index (χ1) is 15.9. The Kier molecular flexibility index (Phi) is 6.60. The average Bonchev–Trinajstić information content (AvgIpc) is 3.07. The summed E-state index contributed by atoms with van der Waals surface area (Å²) in [4.78, 5) is 34.8. The van der Waals surface area contributed by atoms with Gasteiger partial charge in [-0.2, -0.15) is 0 Å². The average molecular weight is 474 g/mol. The van der Waals surface area contributed by atoms with Crippen molar-refractivity contribution in [3.8, 4) is 23.0 Å². The van der Waals surface area contributed by atoms with Gasteiger partial charge in [0.1, 0.15) is 5.82 Å². The van der Waals surface area contributed by atoms with Crippen LogP contribution in [-0.4, -0.2) is 54.8 Å². The Morgan fingerprint density at radius 1 is 1.15 bits per heavy atom. The SMILES string of the molecule is CCN(Cc1nc2cc(OC)c(OC)cc2c(=O)[nH]1)C(=O)c1cc(Cl)c2c(c1)OCCCO2. The Morgan fingerprint density at radius 2 is 1.88 bits per heavy atom. The Balaban J connectivity index is 1.65. The third-order valence-corrected chi connectivity index (χ3v) is 5.60. The summed E-state index contributed by atoms with van der Waals surface area (Å²) in [6.07, 6.45) is 0.729. The fourth-order valence-electron chi connectivity index (χ4n) is 3.63. The molecule has 0 radical (unpaired) electrons. The molecule has 0 unspecified atom stereocenters. The van der Waals surface area contributed by atoms with Crippen LogP contribution in [-0.2, 0) is 6.54 Å². The van der Waals surface area contributed by atoms with Gasteiger partial charge < -0.3 is 28.8 Å². The number of methoxy groups -OCH3 is 2. The maximum atomic E-state index is 13.3. The normalized spacial score (nSPS) is 12.8. The number of hydrogen-bond donors (Lipinski definition) is 1. The largest absolute Gasteiger partial charge is 0.493 e. The van der Waals surface area contributed by atoms with Gasteiger partial charge >= 0.3 is 0 Å². The molecule has 0 saturated heterocycles. The molecule has 4 rings (SSSR count). The molecule has 2 aromatic carbocycles. The van der Waals surface area contributed by atoms with Crippen LogP contribution in [0.15, 0.2) is 29.1 Å². The first-order valence-corrected chi connectivity index (χ1v) is 10.9. The van der Waals surface area contributed by atoms with Crippen LogP contribution in [0.25, 0.3) is 10.9 Å². The number of amides is 1. The Labute approximate surface area is 195 Å². The minimum absolute atomic E-state index is 0.0981. The van der Waals surface area contributed by atoms with E-state index < -0.39 is 0 Å². The lowest BCUT2D eigenvalue weighted by Crippen LogP contribution is -2.32. The van der Waals surface area contributed by atoms with Gasteiger partial charge in [0.2, 0.25) is 0 Å². The van der Waals surface area contributed by atoms with E-state index in [1.807, 2.05) is 6.92 Å². The number of ether oxygens (including phenoxy) is 4. The Bertz CT molecular complexity index is 1260. The van der Waals surface area contributed by atoms with E-state index >= 15 is 0 Å². The predicted molar refractivity (Wildman–Crippen MR) is 123 cm³/mol. The van der Waals surface area contributed by atoms with Crippen molar-refractivity contribution in [3.63, 3.8) is 0 Å². The van der Waals surface area contributed by atoms with Crippen molar-refractivity contribution < 1.29 is 23.7 Å². The molecule has 33 heavy (non-hydrogen) atoms. The summed E-state index contributed by atoms with van der Waals surface area (Å²) in [6.45, 7) is 3.31. The van der Waals surface area contributed by atoms with Crippen molar-refractivity contribution in [2.24, 2.45) is 0 Å². The molecule has 1 N–H and O–H groups in total. The molecular formula is C23H24ClN3O6. The lowest BCUT2D eigenvalue weighted by Gasteiger charge is -2.21. The number of halogens is 1. The lowest BCUT2D eigenvalue weighted by molar-refractivity contribution is 0.0748. The van der Waals surface area contributed by atoms with Crippen molar-refractivity contribution in [1.82, 2.24) is 14.9 Å². The van der Waals surface area contributed by atoms with E-state index in [1.54, 1.807) is 29.2 Å². The summed E-state index contributed by atoms with van der Waals surface area (Å²) < 4.78 is 21.9. The number of aromatic nitrogens is 2. The Hall–Kier alpha value is -3.46. The predicted octanol–water partition coefficient (Wildman–Crippen LogP) is 3.42. The number of nitrogens with one attached hydrogen (secondary N) is 1. The van der Waals surface area contributed by atoms with Crippen LogP contribution >= 0.6 is 11.6 Å². The molecule has 0 aliphatic carbocycles. The molecule has 0 fully saturated rings. The third-order valence-electron chi connectivity index (χ3n) is 5.32. The second-order valence-electron chi connectivity index (χ2n) is 7.39. The zero-order chi connectivity index (χ0) is 23.5. The van der Waals surface area contributed by atoms with Gasteiger partial charge in [0, 0.05) is 24.6 Å². The van der Waals surface area contributed by atoms with Crippen LogP contribution in [0.3, 0.4) is 0 Å². The van der Waals surface area contributed by atoms with E-state index in [0.29, 0.717) is 70.1 Å². The maximum absolute atomic E-state index is 13.3. The molecular weight excluding hydrogens is 450 g/mol. The van der Waals surface area contributed by atoms with Crippen LogP contribution in [0.2, 0.25) is 5.02 Å². The van der Waals surface area contributed by atoms with Crippen LogP contribution in [0, 0.1) is 0 Å². The van der Waals surface area contributed by atoms with Gasteiger partial charge in [-0.15, -0.1) is 0 Å². The highest BCUT2D eigenvalue weighted by Gasteiger charge is 2.22. The van der Waals surface area contributed by atoms with Gasteiger partial charge in [0.05, 0.1) is 49.9 Å². The molecule has 174 valence electrons. The maximum Gasteiger partial charge on any atom is 0.258 e. The van der Waals surface area contributed by atoms with Crippen molar-refractivity contribution in [1.29, 1.82) is 0 Å². The molecule has 2 heterocycles. The van der Waals surface area contributed by atoms with Crippen LogP contribution in [0.5, 0.6) is 23.0 Å². The summed E-state index contributed by atoms with van der Waals surface area (Å²) in [6, 6.07) is 6.40. The molecule has 1 amide bonds. The van der Waals surface area contributed by atoms with Gasteiger partial charge in [-0.3, -0.25) is 9.59 Å². The highest BCUT2D eigenvalue weighted by Crippen LogP contribution is 2.38. The second-order valence-corrected chi connectivity index (χ2v) is 7.80. The van der Waals surface area contributed by atoms with Crippen LogP contribution in [0.1, 0.15) is 29.5 Å². The molecule has 0 atom stereocenters. The number of fused-ring (bicyclic) bond motifs is 2. The van der Waals surface area contributed by atoms with Gasteiger partial charge in [-0.05, 0) is 25.1 Å². The number of hydrogen-bond acceptors (Lipinski definition) is 7. The number of benzene rings is 2. The quantitative estimate of drug-likeness (QED) is 0.585. The standard InChI is InChI=1S/C23H24ClN3O6/c1-4-27(23(29)13-8-15(24)21-19(9-13)32-6-5-7-33-21)12-20-25-16-11-18(31-3)17(30-2)10-14(16)22(28)26-20/h8-11H,4-7,12H2,1-3H3,(H,25,26,28). The second kappa shape index (κ2) is 9.58. The molecule has 1 aromatic heterocycles. The molecule has 1 aliphatic rings. The number of H-pyrrole nitrogens is 1. The smallest absolute Gasteiger partial charge is 0.258 e. The minimum Gasteiger partial charge on any atom is -0.493 e. The van der Waals surface area contributed by atoms with Crippen molar-refractivity contribution >= 4 is 28.4 Å². The molecule has 10 heteroatoms. The van der Waals surface area contributed by atoms with Gasteiger partial charge in [0.15, 0.2) is 23.0 Å².